The molecule has 0 saturated carbocycles. The molecule has 25 heavy (non-hydrogen) atoms. The van der Waals surface area contributed by atoms with Gasteiger partial charge in [-0.3, -0.25) is 0 Å². The Labute approximate surface area is 151 Å². The van der Waals surface area contributed by atoms with Crippen LogP contribution in [0, 0.1) is 6.92 Å². The number of nitrogens with zero attached hydrogens (tertiary/aromatic N) is 1. The first-order valence-electron chi connectivity index (χ1n) is 8.97. The lowest BCUT2D eigenvalue weighted by Gasteiger charge is -2.12. The zero-order valence-electron chi connectivity index (χ0n) is 15.4. The maximum Gasteiger partial charge on any atom is 0.218 e. The summed E-state index contributed by atoms with van der Waals surface area (Å²) < 4.78 is 2.23. The normalized spacial score (nSPS) is 10.7. The van der Waals surface area contributed by atoms with Gasteiger partial charge in [-0.05, 0) is 42.7 Å². The van der Waals surface area contributed by atoms with Crippen LogP contribution in [0.2, 0.25) is 0 Å². The number of pyridine rings is 1. The van der Waals surface area contributed by atoms with Crippen LogP contribution in [0.1, 0.15) is 31.4 Å². The predicted molar refractivity (Wildman–Crippen MR) is 107 cm³/mol. The van der Waals surface area contributed by atoms with Crippen molar-refractivity contribution < 1.29 is 4.57 Å². The van der Waals surface area contributed by atoms with E-state index in [-0.39, 0.29) is 0 Å². The van der Waals surface area contributed by atoms with Crippen LogP contribution in [-0.2, 0) is 6.42 Å². The second-order valence-corrected chi connectivity index (χ2v) is 6.63. The van der Waals surface area contributed by atoms with E-state index in [0.717, 1.165) is 18.5 Å². The second kappa shape index (κ2) is 7.48. The molecular formula is C24H26N+. The molecular weight excluding hydrogens is 302 g/mol. The number of rotatable bonds is 5. The zero-order chi connectivity index (χ0) is 17.8. The fraction of sp³-hybridized carbons (Fsp3) is 0.208. The molecule has 0 unspecified atom stereocenters. The smallest absolute Gasteiger partial charge is 0.164 e. The molecule has 1 heterocycles. The predicted octanol–water partition coefficient (Wildman–Crippen LogP) is 6.06. The van der Waals surface area contributed by atoms with Crippen molar-refractivity contribution >= 4 is 5.70 Å². The molecule has 0 amide bonds. The first-order valence-corrected chi connectivity index (χ1v) is 8.97. The molecule has 0 aliphatic rings. The molecule has 2 aromatic carbocycles. The number of benzene rings is 2. The van der Waals surface area contributed by atoms with Crippen LogP contribution in [0.25, 0.3) is 28.1 Å². The third-order valence-electron chi connectivity index (χ3n) is 4.60. The van der Waals surface area contributed by atoms with Crippen molar-refractivity contribution in [3.05, 3.63) is 84.6 Å². The number of hydrogen-bond donors (Lipinski definition) is 0. The van der Waals surface area contributed by atoms with Gasteiger partial charge in [0.25, 0.3) is 0 Å². The standard InChI is InChI=1S/C24H26N/c1-5-11-20-14-9-10-15-22(20)24-16-19(4)23(17-25(24)18(2)3)21-12-7-6-8-13-21/h6-10,12-17H,2,5,11H2,1,3-4H3/q+1. The second-order valence-electron chi connectivity index (χ2n) is 6.63. The van der Waals surface area contributed by atoms with Crippen LogP contribution in [-0.4, -0.2) is 0 Å². The van der Waals surface area contributed by atoms with Gasteiger partial charge in [0.1, 0.15) is 0 Å². The summed E-state index contributed by atoms with van der Waals surface area (Å²) in [6.07, 6.45) is 4.46. The van der Waals surface area contributed by atoms with E-state index in [4.69, 9.17) is 0 Å². The van der Waals surface area contributed by atoms with E-state index in [0.29, 0.717) is 0 Å². The number of aromatic nitrogens is 1. The molecule has 1 heteroatoms. The molecule has 3 aromatic rings. The van der Waals surface area contributed by atoms with Crippen molar-refractivity contribution in [1.82, 2.24) is 0 Å². The van der Waals surface area contributed by atoms with Gasteiger partial charge in [0.15, 0.2) is 11.9 Å². The summed E-state index contributed by atoms with van der Waals surface area (Å²) in [5, 5.41) is 0. The quantitative estimate of drug-likeness (QED) is 0.501. The summed E-state index contributed by atoms with van der Waals surface area (Å²) in [4.78, 5) is 0. The van der Waals surface area contributed by atoms with Crippen molar-refractivity contribution in [1.29, 1.82) is 0 Å². The fourth-order valence-electron chi connectivity index (χ4n) is 3.35. The summed E-state index contributed by atoms with van der Waals surface area (Å²) in [5.41, 5.74) is 8.71. The lowest BCUT2D eigenvalue weighted by Crippen LogP contribution is -2.34. The van der Waals surface area contributed by atoms with Crippen LogP contribution < -0.4 is 4.57 Å². The SMILES string of the molecule is C=C(C)[n+]1cc(-c2ccccc2)c(C)cc1-c1ccccc1CCC. The Kier molecular flexibility index (Phi) is 5.14. The number of aryl methyl sites for hydroxylation is 2. The van der Waals surface area contributed by atoms with Crippen LogP contribution >= 0.6 is 0 Å². The minimum atomic E-state index is 1.03. The Morgan fingerprint density at radius 2 is 1.64 bits per heavy atom. The van der Waals surface area contributed by atoms with Gasteiger partial charge in [0, 0.05) is 24.1 Å². The van der Waals surface area contributed by atoms with Gasteiger partial charge >= 0.3 is 0 Å². The Hall–Kier alpha value is -2.67. The minimum absolute atomic E-state index is 1.03. The lowest BCUT2D eigenvalue weighted by atomic mass is 9.96. The van der Waals surface area contributed by atoms with Crippen molar-refractivity contribution in [3.63, 3.8) is 0 Å². The van der Waals surface area contributed by atoms with E-state index in [2.05, 4.69) is 98.8 Å². The Morgan fingerprint density at radius 1 is 0.960 bits per heavy atom. The molecule has 0 atom stereocenters. The zero-order valence-corrected chi connectivity index (χ0v) is 15.4. The summed E-state index contributed by atoms with van der Waals surface area (Å²) in [6, 6.07) is 21.6. The summed E-state index contributed by atoms with van der Waals surface area (Å²) in [5.74, 6) is 0. The average molecular weight is 328 g/mol. The van der Waals surface area contributed by atoms with Crippen molar-refractivity contribution in [2.45, 2.75) is 33.6 Å². The summed E-state index contributed by atoms with van der Waals surface area (Å²) >= 11 is 0. The number of hydrogen-bond acceptors (Lipinski definition) is 0. The monoisotopic (exact) mass is 328 g/mol. The molecule has 0 N–H and O–H groups in total. The fourth-order valence-corrected chi connectivity index (χ4v) is 3.35. The molecule has 1 aromatic heterocycles. The van der Waals surface area contributed by atoms with Crippen molar-refractivity contribution in [2.75, 3.05) is 0 Å². The van der Waals surface area contributed by atoms with E-state index < -0.39 is 0 Å². The molecule has 0 aliphatic heterocycles. The van der Waals surface area contributed by atoms with Crippen LogP contribution in [0.4, 0.5) is 0 Å². The Bertz CT molecular complexity index is 891. The Balaban J connectivity index is 2.22. The molecule has 126 valence electrons. The van der Waals surface area contributed by atoms with Gasteiger partial charge in [-0.25, -0.2) is 0 Å². The van der Waals surface area contributed by atoms with Gasteiger partial charge < -0.3 is 0 Å². The molecule has 0 spiro atoms. The van der Waals surface area contributed by atoms with Gasteiger partial charge in [-0.15, -0.1) is 0 Å². The Morgan fingerprint density at radius 3 is 2.32 bits per heavy atom. The highest BCUT2D eigenvalue weighted by Gasteiger charge is 2.20. The van der Waals surface area contributed by atoms with Crippen LogP contribution in [0.5, 0.6) is 0 Å². The van der Waals surface area contributed by atoms with E-state index in [1.165, 1.54) is 33.5 Å². The largest absolute Gasteiger partial charge is 0.218 e. The highest BCUT2D eigenvalue weighted by atomic mass is 15.0. The first-order chi connectivity index (χ1) is 12.1. The van der Waals surface area contributed by atoms with E-state index >= 15 is 0 Å². The van der Waals surface area contributed by atoms with Gasteiger partial charge in [-0.2, -0.15) is 4.57 Å². The molecule has 0 fully saturated rings. The van der Waals surface area contributed by atoms with Crippen LogP contribution in [0.15, 0.2) is 73.4 Å². The summed E-state index contributed by atoms with van der Waals surface area (Å²) in [6.45, 7) is 10.7. The molecule has 1 nitrogen and oxygen atoms in total. The van der Waals surface area contributed by atoms with Gasteiger partial charge in [-0.1, -0.05) is 61.9 Å². The van der Waals surface area contributed by atoms with E-state index in [9.17, 15) is 0 Å². The maximum absolute atomic E-state index is 4.21. The summed E-state index contributed by atoms with van der Waals surface area (Å²) in [7, 11) is 0. The third-order valence-corrected chi connectivity index (χ3v) is 4.60. The first kappa shape index (κ1) is 17.2. The lowest BCUT2D eigenvalue weighted by molar-refractivity contribution is -0.568. The minimum Gasteiger partial charge on any atom is -0.164 e. The van der Waals surface area contributed by atoms with Crippen LogP contribution in [0.3, 0.4) is 0 Å². The topological polar surface area (TPSA) is 3.88 Å². The van der Waals surface area contributed by atoms with E-state index in [1.54, 1.807) is 0 Å². The van der Waals surface area contributed by atoms with Crippen molar-refractivity contribution in [3.8, 4) is 22.4 Å². The maximum atomic E-state index is 4.21. The molecule has 3 rings (SSSR count). The van der Waals surface area contributed by atoms with Gasteiger partial charge in [0.2, 0.25) is 5.69 Å². The van der Waals surface area contributed by atoms with Crippen molar-refractivity contribution in [2.24, 2.45) is 0 Å². The highest BCUT2D eigenvalue weighted by molar-refractivity contribution is 5.70. The molecule has 0 bridgehead atoms. The highest BCUT2D eigenvalue weighted by Crippen LogP contribution is 2.28. The van der Waals surface area contributed by atoms with Gasteiger partial charge in [0.05, 0.1) is 0 Å². The third kappa shape index (κ3) is 3.56. The molecule has 0 saturated heterocycles. The average Bonchev–Trinajstić information content (AvgIpc) is 2.63. The molecule has 0 aliphatic carbocycles. The van der Waals surface area contributed by atoms with E-state index in [1.807, 2.05) is 0 Å². The number of allylic oxidation sites excluding steroid dienone is 1. The molecule has 0 radical (unpaired) electrons.